The number of hydrogen-bond donors (Lipinski definition) is 4. The van der Waals surface area contributed by atoms with Crippen LogP contribution in [0.3, 0.4) is 0 Å². The van der Waals surface area contributed by atoms with Crippen molar-refractivity contribution in [2.45, 2.75) is 39.2 Å². The summed E-state index contributed by atoms with van der Waals surface area (Å²) in [5.74, 6) is -7.25. The summed E-state index contributed by atoms with van der Waals surface area (Å²) in [6.45, 7) is 4.59. The molecule has 4 N–H and O–H groups in total. The molecule has 0 aromatic heterocycles. The van der Waals surface area contributed by atoms with E-state index in [4.69, 9.17) is 4.74 Å². The Morgan fingerprint density at radius 3 is 2.41 bits per heavy atom. The summed E-state index contributed by atoms with van der Waals surface area (Å²) in [6.07, 6.45) is 0.525. The quantitative estimate of drug-likeness (QED) is 0.383. The maximum absolute atomic E-state index is 13.5. The first-order valence-corrected chi connectivity index (χ1v) is 11.0. The molecule has 0 saturated carbocycles. The second-order valence-electron chi connectivity index (χ2n) is 9.50. The van der Waals surface area contributed by atoms with Gasteiger partial charge in [0.25, 0.3) is 0 Å². The number of aldehydes is 1. The third kappa shape index (κ3) is 2.89. The molecular weight excluding hydrogens is 444 g/mol. The molecule has 0 heterocycles. The normalized spacial score (nSPS) is 28.5. The van der Waals surface area contributed by atoms with Crippen LogP contribution in [0.4, 0.5) is 0 Å². The first-order chi connectivity index (χ1) is 15.9. The first kappa shape index (κ1) is 23.7. The molecule has 0 radical (unpaired) electrons. The number of aliphatic hydroxyl groups is 3. The number of phenols is 1. The van der Waals surface area contributed by atoms with E-state index in [1.807, 2.05) is 0 Å². The van der Waals surface area contributed by atoms with Crippen molar-refractivity contribution < 1.29 is 44.3 Å². The molecule has 0 amide bonds. The Labute approximate surface area is 195 Å². The zero-order valence-corrected chi connectivity index (χ0v) is 19.2. The lowest BCUT2D eigenvalue weighted by Gasteiger charge is -2.49. The standard InChI is InChI=1S/C25H26O9/c1-9(2)16-14-6-11-5-13-15(34-4)7-12(8-26)20(28)19(13)22(30)18(11)24(32)25(14,33)23(31)17(10(3)27)21(16)29/h7-9,11,14,16,28-29,32-33H,5-6H2,1-4H3/t11-,14-,16-,25+/m0/s1. The summed E-state index contributed by atoms with van der Waals surface area (Å²) in [7, 11) is 1.36. The van der Waals surface area contributed by atoms with Crippen molar-refractivity contribution in [3.8, 4) is 11.5 Å². The first-order valence-electron chi connectivity index (χ1n) is 11.0. The number of aliphatic hydroxyl groups excluding tert-OH is 2. The van der Waals surface area contributed by atoms with Crippen molar-refractivity contribution in [1.29, 1.82) is 0 Å². The van der Waals surface area contributed by atoms with Gasteiger partial charge in [-0.05, 0) is 37.7 Å². The molecule has 180 valence electrons. The third-order valence-electron chi connectivity index (χ3n) is 7.41. The Bertz CT molecular complexity index is 1220. The van der Waals surface area contributed by atoms with Gasteiger partial charge in [0.2, 0.25) is 5.78 Å². The summed E-state index contributed by atoms with van der Waals surface area (Å²) in [4.78, 5) is 50.5. The van der Waals surface area contributed by atoms with Gasteiger partial charge in [-0.15, -0.1) is 0 Å². The van der Waals surface area contributed by atoms with Gasteiger partial charge in [-0.25, -0.2) is 0 Å². The van der Waals surface area contributed by atoms with Gasteiger partial charge in [-0.1, -0.05) is 13.8 Å². The van der Waals surface area contributed by atoms with E-state index in [9.17, 15) is 39.6 Å². The maximum Gasteiger partial charge on any atom is 0.209 e. The van der Waals surface area contributed by atoms with Gasteiger partial charge in [0.1, 0.15) is 28.6 Å². The van der Waals surface area contributed by atoms with Crippen LogP contribution in [0, 0.1) is 23.7 Å². The second-order valence-corrected chi connectivity index (χ2v) is 9.50. The number of carbonyl (C=O) groups is 4. The number of hydrogen-bond acceptors (Lipinski definition) is 9. The van der Waals surface area contributed by atoms with Crippen LogP contribution < -0.4 is 4.74 Å². The molecule has 9 nitrogen and oxygen atoms in total. The molecule has 0 bridgehead atoms. The third-order valence-corrected chi connectivity index (χ3v) is 7.41. The zero-order chi connectivity index (χ0) is 25.3. The van der Waals surface area contributed by atoms with E-state index in [0.29, 0.717) is 11.8 Å². The molecule has 4 atom stereocenters. The fourth-order valence-electron chi connectivity index (χ4n) is 5.92. The minimum Gasteiger partial charge on any atom is -0.511 e. The fraction of sp³-hybridized carbons (Fsp3) is 0.440. The highest BCUT2D eigenvalue weighted by Gasteiger charge is 2.63. The average molecular weight is 470 g/mol. The van der Waals surface area contributed by atoms with Crippen molar-refractivity contribution in [1.82, 2.24) is 0 Å². The Morgan fingerprint density at radius 2 is 1.88 bits per heavy atom. The number of ether oxygens (including phenoxy) is 1. The molecule has 9 heteroatoms. The van der Waals surface area contributed by atoms with E-state index >= 15 is 0 Å². The Hall–Kier alpha value is -3.46. The van der Waals surface area contributed by atoms with Gasteiger partial charge in [0, 0.05) is 23.0 Å². The number of methoxy groups -OCH3 is 1. The highest BCUT2D eigenvalue weighted by Crippen LogP contribution is 2.55. The fourth-order valence-corrected chi connectivity index (χ4v) is 5.92. The van der Waals surface area contributed by atoms with E-state index in [2.05, 4.69) is 0 Å². The van der Waals surface area contributed by atoms with Crippen LogP contribution in [0.5, 0.6) is 11.5 Å². The summed E-state index contributed by atoms with van der Waals surface area (Å²) in [6, 6.07) is 1.32. The van der Waals surface area contributed by atoms with Crippen LogP contribution in [0.25, 0.3) is 0 Å². The summed E-state index contributed by atoms with van der Waals surface area (Å²) >= 11 is 0. The zero-order valence-electron chi connectivity index (χ0n) is 19.2. The van der Waals surface area contributed by atoms with Gasteiger partial charge < -0.3 is 25.2 Å². The van der Waals surface area contributed by atoms with Gasteiger partial charge in [0.15, 0.2) is 23.5 Å². The lowest BCUT2D eigenvalue weighted by atomic mass is 9.55. The van der Waals surface area contributed by atoms with Crippen LogP contribution in [0.2, 0.25) is 0 Å². The Morgan fingerprint density at radius 1 is 1.24 bits per heavy atom. The maximum atomic E-state index is 13.5. The number of aromatic hydroxyl groups is 1. The van der Waals surface area contributed by atoms with Gasteiger partial charge in [-0.2, -0.15) is 0 Å². The average Bonchev–Trinajstić information content (AvgIpc) is 2.76. The van der Waals surface area contributed by atoms with E-state index in [-0.39, 0.29) is 41.2 Å². The van der Waals surface area contributed by atoms with Crippen molar-refractivity contribution in [2.75, 3.05) is 7.11 Å². The molecule has 34 heavy (non-hydrogen) atoms. The topological polar surface area (TPSA) is 158 Å². The molecule has 1 aromatic rings. The van der Waals surface area contributed by atoms with Crippen molar-refractivity contribution in [2.24, 2.45) is 23.7 Å². The molecular formula is C25H26O9. The molecule has 1 aromatic carbocycles. The van der Waals surface area contributed by atoms with Crippen LogP contribution in [-0.4, -0.2) is 56.8 Å². The molecule has 3 aliphatic carbocycles. The van der Waals surface area contributed by atoms with Gasteiger partial charge in [-0.3, -0.25) is 19.2 Å². The van der Waals surface area contributed by atoms with E-state index in [0.717, 1.165) is 6.92 Å². The Balaban J connectivity index is 2.00. The monoisotopic (exact) mass is 470 g/mol. The number of ketones is 3. The lowest BCUT2D eigenvalue weighted by Crippen LogP contribution is -2.60. The number of carbonyl (C=O) groups excluding carboxylic acids is 4. The number of fused-ring (bicyclic) bond motifs is 3. The predicted molar refractivity (Wildman–Crippen MR) is 118 cm³/mol. The minimum atomic E-state index is -2.59. The highest BCUT2D eigenvalue weighted by atomic mass is 16.5. The lowest BCUT2D eigenvalue weighted by molar-refractivity contribution is -0.149. The van der Waals surface area contributed by atoms with Crippen molar-refractivity contribution in [3.63, 3.8) is 0 Å². The summed E-state index contributed by atoms with van der Waals surface area (Å²) in [5, 5.41) is 44.3. The van der Waals surface area contributed by atoms with E-state index < -0.39 is 63.5 Å². The van der Waals surface area contributed by atoms with Gasteiger partial charge >= 0.3 is 0 Å². The van der Waals surface area contributed by atoms with Crippen LogP contribution in [0.1, 0.15) is 53.5 Å². The molecule has 3 aliphatic rings. The number of allylic oxidation sites excluding steroid dienone is 2. The molecule has 0 spiro atoms. The molecule has 0 saturated heterocycles. The van der Waals surface area contributed by atoms with Crippen molar-refractivity contribution in [3.05, 3.63) is 45.4 Å². The number of phenolic OH excluding ortho intramolecular Hbond substituents is 1. The molecule has 0 unspecified atom stereocenters. The number of Topliss-reactive ketones (excluding diaryl/α,β-unsaturated/α-hetero) is 3. The molecule has 4 rings (SSSR count). The van der Waals surface area contributed by atoms with Crippen molar-refractivity contribution >= 4 is 23.6 Å². The van der Waals surface area contributed by atoms with Gasteiger partial charge in [0.05, 0.1) is 18.2 Å². The Kier molecular flexibility index (Phi) is 5.43. The van der Waals surface area contributed by atoms with Crippen LogP contribution in [-0.2, 0) is 16.0 Å². The minimum absolute atomic E-state index is 0.0459. The van der Waals surface area contributed by atoms with E-state index in [1.165, 1.54) is 13.2 Å². The van der Waals surface area contributed by atoms with Crippen LogP contribution >= 0.6 is 0 Å². The van der Waals surface area contributed by atoms with E-state index in [1.54, 1.807) is 13.8 Å². The van der Waals surface area contributed by atoms with Crippen LogP contribution in [0.15, 0.2) is 28.7 Å². The second kappa shape index (κ2) is 7.80. The summed E-state index contributed by atoms with van der Waals surface area (Å²) in [5.41, 5.74) is -3.53. The number of benzene rings is 1. The largest absolute Gasteiger partial charge is 0.511 e. The molecule has 0 aliphatic heterocycles. The number of rotatable bonds is 4. The highest BCUT2D eigenvalue weighted by molar-refractivity contribution is 6.25. The molecule has 0 fully saturated rings. The summed E-state index contributed by atoms with van der Waals surface area (Å²) < 4.78 is 5.34. The predicted octanol–water partition coefficient (Wildman–Crippen LogP) is 2.39. The SMILES string of the molecule is COc1cc(C=O)c(O)c2c1C[C@H]1C[C@H]3[C@H](C(C)C)C(O)=C(C(C)=O)C(=O)[C@@]3(O)C(O)=C1C2=O. The smallest absolute Gasteiger partial charge is 0.209 e.